The van der Waals surface area contributed by atoms with Crippen molar-refractivity contribution >= 4 is 19.3 Å². The highest BCUT2D eigenvalue weighted by molar-refractivity contribution is 6.33. The van der Waals surface area contributed by atoms with Gasteiger partial charge in [0.15, 0.2) is 0 Å². The fourth-order valence-corrected chi connectivity index (χ4v) is 1.45. The number of ether oxygens (including phenoxy) is 1. The summed E-state index contributed by atoms with van der Waals surface area (Å²) in [6.07, 6.45) is -0.142. The van der Waals surface area contributed by atoms with Gasteiger partial charge < -0.3 is 4.74 Å². The van der Waals surface area contributed by atoms with Gasteiger partial charge in [0.2, 0.25) is 0 Å². The van der Waals surface area contributed by atoms with Crippen LogP contribution < -0.4 is 5.46 Å². The van der Waals surface area contributed by atoms with Gasteiger partial charge in [0, 0.05) is 0 Å². The van der Waals surface area contributed by atoms with Gasteiger partial charge in [0.1, 0.15) is 19.3 Å². The second kappa shape index (κ2) is 4.90. The summed E-state index contributed by atoms with van der Waals surface area (Å²) in [5, 5.41) is 0. The average molecular weight is 234 g/mol. The van der Waals surface area contributed by atoms with Gasteiger partial charge in [-0.05, 0) is 38.8 Å². The summed E-state index contributed by atoms with van der Waals surface area (Å²) in [4.78, 5) is 11.6. The van der Waals surface area contributed by atoms with Crippen LogP contribution in [0.3, 0.4) is 0 Å². The lowest BCUT2D eigenvalue weighted by Gasteiger charge is -2.20. The Morgan fingerprint density at radius 3 is 2.53 bits per heavy atom. The van der Waals surface area contributed by atoms with Crippen molar-refractivity contribution in [1.82, 2.24) is 0 Å². The second-order valence-corrected chi connectivity index (χ2v) is 5.03. The molecule has 17 heavy (non-hydrogen) atoms. The van der Waals surface area contributed by atoms with Crippen LogP contribution in [0.5, 0.6) is 0 Å². The van der Waals surface area contributed by atoms with Crippen molar-refractivity contribution < 1.29 is 13.9 Å². The first kappa shape index (κ1) is 13.7. The van der Waals surface area contributed by atoms with Gasteiger partial charge >= 0.3 is 5.97 Å². The highest BCUT2D eigenvalue weighted by atomic mass is 19.1. The first-order valence-electron chi connectivity index (χ1n) is 5.46. The Morgan fingerprint density at radius 1 is 1.41 bits per heavy atom. The molecule has 0 aliphatic heterocycles. The van der Waals surface area contributed by atoms with Crippen LogP contribution in [-0.2, 0) is 16.0 Å². The fraction of sp³-hybridized carbons (Fsp3) is 0.462. The molecule has 0 unspecified atom stereocenters. The quantitative estimate of drug-likeness (QED) is 0.576. The largest absolute Gasteiger partial charge is 0.460 e. The van der Waals surface area contributed by atoms with Crippen molar-refractivity contribution in [3.05, 3.63) is 29.1 Å². The number of hydrogen-bond acceptors (Lipinski definition) is 2. The number of hydrogen-bond donors (Lipinski definition) is 0. The lowest BCUT2D eigenvalue weighted by Crippen LogP contribution is -2.27. The number of rotatable bonds is 2. The molecule has 0 aliphatic carbocycles. The van der Waals surface area contributed by atoms with E-state index in [1.54, 1.807) is 39.8 Å². The van der Waals surface area contributed by atoms with Crippen LogP contribution in [0.1, 0.15) is 31.9 Å². The van der Waals surface area contributed by atoms with E-state index < -0.39 is 17.4 Å². The lowest BCUT2D eigenvalue weighted by atomic mass is 9.87. The Bertz CT molecular complexity index is 436. The number of esters is 1. The van der Waals surface area contributed by atoms with Crippen molar-refractivity contribution in [3.8, 4) is 0 Å². The Hall–Kier alpha value is -1.32. The van der Waals surface area contributed by atoms with E-state index in [4.69, 9.17) is 12.6 Å². The number of carbonyl (C=O) groups excluding carboxylic acids is 1. The molecule has 0 aromatic heterocycles. The van der Waals surface area contributed by atoms with Crippen molar-refractivity contribution in [2.24, 2.45) is 0 Å². The van der Waals surface area contributed by atoms with Gasteiger partial charge in [-0.3, -0.25) is 4.79 Å². The molecule has 0 heterocycles. The first-order valence-corrected chi connectivity index (χ1v) is 5.46. The number of aryl methyl sites for hydroxylation is 1. The zero-order valence-electron chi connectivity index (χ0n) is 10.6. The number of benzene rings is 1. The Morgan fingerprint density at radius 2 is 2.00 bits per heavy atom. The van der Waals surface area contributed by atoms with Gasteiger partial charge in [-0.2, -0.15) is 0 Å². The summed E-state index contributed by atoms with van der Waals surface area (Å²) in [6.45, 7) is 6.93. The molecular weight excluding hydrogens is 218 g/mol. The van der Waals surface area contributed by atoms with Gasteiger partial charge in [0.25, 0.3) is 0 Å². The normalized spacial score (nSPS) is 11.4. The van der Waals surface area contributed by atoms with E-state index >= 15 is 0 Å². The topological polar surface area (TPSA) is 26.3 Å². The van der Waals surface area contributed by atoms with Gasteiger partial charge in [-0.1, -0.05) is 17.6 Å². The maximum atomic E-state index is 13.8. The molecule has 0 aliphatic rings. The predicted molar refractivity (Wildman–Crippen MR) is 66.1 cm³/mol. The number of halogens is 1. The van der Waals surface area contributed by atoms with Crippen LogP contribution in [0, 0.1) is 12.7 Å². The van der Waals surface area contributed by atoms with Crippen LogP contribution in [-0.4, -0.2) is 19.4 Å². The lowest BCUT2D eigenvalue weighted by molar-refractivity contribution is -0.153. The molecule has 0 saturated heterocycles. The standard InChI is InChI=1S/C13H16BFO2/c1-8-5-6-10(14)9(12(8)15)7-11(16)17-13(2,3)4/h5-6H,7H2,1-4H3. The maximum absolute atomic E-state index is 13.8. The maximum Gasteiger partial charge on any atom is 0.310 e. The third-order valence-electron chi connectivity index (χ3n) is 2.21. The summed E-state index contributed by atoms with van der Waals surface area (Å²) >= 11 is 0. The molecule has 4 heteroatoms. The van der Waals surface area contributed by atoms with Crippen molar-refractivity contribution in [2.75, 3.05) is 0 Å². The Labute approximate surface area is 103 Å². The van der Waals surface area contributed by atoms with E-state index in [2.05, 4.69) is 0 Å². The van der Waals surface area contributed by atoms with Crippen LogP contribution in [0.25, 0.3) is 0 Å². The molecule has 0 bridgehead atoms. The van der Waals surface area contributed by atoms with Gasteiger partial charge in [0.05, 0.1) is 6.42 Å². The van der Waals surface area contributed by atoms with Crippen LogP contribution in [0.15, 0.2) is 12.1 Å². The minimum absolute atomic E-state index is 0.142. The van der Waals surface area contributed by atoms with Crippen LogP contribution >= 0.6 is 0 Å². The molecule has 1 rings (SSSR count). The molecular formula is C13H16BFO2. The summed E-state index contributed by atoms with van der Waals surface area (Å²) in [5.41, 5.74) is 0.377. The predicted octanol–water partition coefficient (Wildman–Crippen LogP) is 1.81. The summed E-state index contributed by atoms with van der Waals surface area (Å²) in [7, 11) is 5.65. The van der Waals surface area contributed by atoms with E-state index in [9.17, 15) is 9.18 Å². The third-order valence-corrected chi connectivity index (χ3v) is 2.21. The van der Waals surface area contributed by atoms with E-state index in [1.165, 1.54) is 0 Å². The molecule has 1 aromatic rings. The van der Waals surface area contributed by atoms with Crippen molar-refractivity contribution in [2.45, 2.75) is 39.7 Å². The molecule has 1 aromatic carbocycles. The highest BCUT2D eigenvalue weighted by Crippen LogP contribution is 2.13. The zero-order valence-corrected chi connectivity index (χ0v) is 10.6. The summed E-state index contributed by atoms with van der Waals surface area (Å²) in [6, 6.07) is 3.18. The Balaban J connectivity index is 2.89. The summed E-state index contributed by atoms with van der Waals surface area (Å²) in [5.74, 6) is -0.912. The molecule has 0 amide bonds. The minimum Gasteiger partial charge on any atom is -0.460 e. The van der Waals surface area contributed by atoms with E-state index in [0.29, 0.717) is 5.56 Å². The first-order chi connectivity index (χ1) is 7.70. The molecule has 0 atom stereocenters. The molecule has 90 valence electrons. The molecule has 2 radical (unpaired) electrons. The zero-order chi connectivity index (χ0) is 13.2. The van der Waals surface area contributed by atoms with Crippen molar-refractivity contribution in [1.29, 1.82) is 0 Å². The van der Waals surface area contributed by atoms with Crippen LogP contribution in [0.2, 0.25) is 0 Å². The Kier molecular flexibility index (Phi) is 3.96. The fourth-order valence-electron chi connectivity index (χ4n) is 1.45. The third kappa shape index (κ3) is 3.88. The van der Waals surface area contributed by atoms with Gasteiger partial charge in [-0.15, -0.1) is 0 Å². The number of carbonyl (C=O) groups is 1. The van der Waals surface area contributed by atoms with Crippen molar-refractivity contribution in [3.63, 3.8) is 0 Å². The molecule has 0 spiro atoms. The monoisotopic (exact) mass is 234 g/mol. The average Bonchev–Trinajstić information content (AvgIpc) is 2.16. The minimum atomic E-state index is -0.577. The SMILES string of the molecule is [B]c1ccc(C)c(F)c1CC(=O)OC(C)(C)C. The van der Waals surface area contributed by atoms with E-state index in [-0.39, 0.29) is 17.4 Å². The van der Waals surface area contributed by atoms with Crippen LogP contribution in [0.4, 0.5) is 4.39 Å². The molecule has 0 N–H and O–H groups in total. The van der Waals surface area contributed by atoms with E-state index in [1.807, 2.05) is 0 Å². The molecule has 0 saturated carbocycles. The second-order valence-electron chi connectivity index (χ2n) is 5.03. The van der Waals surface area contributed by atoms with Gasteiger partial charge in [-0.25, -0.2) is 4.39 Å². The molecule has 2 nitrogen and oxygen atoms in total. The van der Waals surface area contributed by atoms with E-state index in [0.717, 1.165) is 0 Å². The molecule has 0 fully saturated rings. The summed E-state index contributed by atoms with van der Waals surface area (Å²) < 4.78 is 18.9. The smallest absolute Gasteiger partial charge is 0.310 e. The highest BCUT2D eigenvalue weighted by Gasteiger charge is 2.19.